The third-order valence-electron chi connectivity index (χ3n) is 9.38. The van der Waals surface area contributed by atoms with Gasteiger partial charge in [-0.2, -0.15) is 0 Å². The minimum Gasteiger partial charge on any atom is -0.374 e. The molecule has 50 heavy (non-hydrogen) atoms. The lowest BCUT2D eigenvalue weighted by Crippen LogP contribution is -2.58. The number of rotatable bonds is 15. The number of hydrogen-bond acceptors (Lipinski definition) is 5. The molecule has 256 valence electrons. The maximum atomic E-state index is 7.16. The standard InChI is InChI=1S/C44H45NO5/c1-2-32-23-24-39-37(25-32)38(26-45-39)41-43(48-29-35-19-11-5-12-20-35)44(49-30-36-21-13-6-14-22-36)42(47-28-34-17-9-4-10-18-34)40(50-41)31-46-27-33-15-7-3-8-16-33/h3-26,40-45H,2,27-31H2,1H3/t40-,41+,42-,43+,44+/m1/s1. The molecule has 1 fully saturated rings. The highest BCUT2D eigenvalue weighted by molar-refractivity contribution is 5.84. The van der Waals surface area contributed by atoms with Crippen LogP contribution in [-0.4, -0.2) is 36.0 Å². The summed E-state index contributed by atoms with van der Waals surface area (Å²) in [7, 11) is 0. The number of H-pyrrole nitrogens is 1. The Labute approximate surface area is 294 Å². The molecule has 1 N–H and O–H groups in total. The Morgan fingerprint density at radius 1 is 0.540 bits per heavy atom. The maximum Gasteiger partial charge on any atom is 0.117 e. The molecular weight excluding hydrogens is 622 g/mol. The minimum absolute atomic E-state index is 0.323. The molecule has 6 aromatic rings. The van der Waals surface area contributed by atoms with Gasteiger partial charge < -0.3 is 28.7 Å². The minimum atomic E-state index is -0.491. The van der Waals surface area contributed by atoms with E-state index in [2.05, 4.69) is 84.8 Å². The molecule has 0 spiro atoms. The van der Waals surface area contributed by atoms with Crippen molar-refractivity contribution in [1.82, 2.24) is 4.98 Å². The van der Waals surface area contributed by atoms with Crippen molar-refractivity contribution in [1.29, 1.82) is 0 Å². The zero-order valence-electron chi connectivity index (χ0n) is 28.5. The van der Waals surface area contributed by atoms with Crippen molar-refractivity contribution in [2.45, 2.75) is 70.3 Å². The molecule has 1 saturated heterocycles. The second kappa shape index (κ2) is 16.9. The quantitative estimate of drug-likeness (QED) is 0.118. The number of hydrogen-bond donors (Lipinski definition) is 1. The number of benzene rings is 5. The van der Waals surface area contributed by atoms with Crippen LogP contribution in [-0.2, 0) is 56.5 Å². The first-order chi connectivity index (χ1) is 24.7. The van der Waals surface area contributed by atoms with E-state index in [0.717, 1.165) is 45.1 Å². The number of aromatic nitrogens is 1. The average Bonchev–Trinajstić information content (AvgIpc) is 3.60. The molecule has 0 amide bonds. The molecule has 1 aliphatic heterocycles. The fourth-order valence-corrected chi connectivity index (χ4v) is 6.68. The van der Waals surface area contributed by atoms with E-state index in [1.807, 2.05) is 72.8 Å². The SMILES string of the molecule is CCc1ccc2[nH]cc([C@@H]3O[C@H](COCc4ccccc4)[C@@H](OCc4ccccc4)[C@H](OCc4ccccc4)[C@H]3OCc3ccccc3)c2c1. The molecule has 0 aliphatic carbocycles. The summed E-state index contributed by atoms with van der Waals surface area (Å²) in [4.78, 5) is 3.50. The van der Waals surface area contributed by atoms with Crippen LogP contribution in [0.4, 0.5) is 0 Å². The van der Waals surface area contributed by atoms with Crippen molar-refractivity contribution in [3.8, 4) is 0 Å². The third-order valence-corrected chi connectivity index (χ3v) is 9.38. The van der Waals surface area contributed by atoms with E-state index in [1.165, 1.54) is 5.56 Å². The van der Waals surface area contributed by atoms with Crippen LogP contribution in [0.3, 0.4) is 0 Å². The summed E-state index contributed by atoms with van der Waals surface area (Å²) in [5.41, 5.74) is 7.70. The number of aryl methyl sites for hydroxylation is 1. The van der Waals surface area contributed by atoms with Crippen LogP contribution in [0.15, 0.2) is 146 Å². The first-order valence-corrected chi connectivity index (χ1v) is 17.6. The molecule has 0 unspecified atom stereocenters. The van der Waals surface area contributed by atoms with Gasteiger partial charge in [0, 0.05) is 22.7 Å². The molecule has 5 aromatic carbocycles. The lowest BCUT2D eigenvalue weighted by molar-refractivity contribution is -0.274. The van der Waals surface area contributed by atoms with Crippen molar-refractivity contribution < 1.29 is 23.7 Å². The zero-order valence-corrected chi connectivity index (χ0v) is 28.5. The molecule has 1 aromatic heterocycles. The fourth-order valence-electron chi connectivity index (χ4n) is 6.68. The van der Waals surface area contributed by atoms with Crippen LogP contribution in [0.1, 0.15) is 46.4 Å². The van der Waals surface area contributed by atoms with E-state index in [0.29, 0.717) is 33.0 Å². The molecular formula is C44H45NO5. The zero-order chi connectivity index (χ0) is 34.0. The summed E-state index contributed by atoms with van der Waals surface area (Å²) in [5.74, 6) is 0. The van der Waals surface area contributed by atoms with Gasteiger partial charge in [-0.05, 0) is 46.4 Å². The van der Waals surface area contributed by atoms with Gasteiger partial charge in [0.05, 0.1) is 33.0 Å². The van der Waals surface area contributed by atoms with Gasteiger partial charge in [0.15, 0.2) is 0 Å². The lowest BCUT2D eigenvalue weighted by atomic mass is 9.89. The molecule has 6 nitrogen and oxygen atoms in total. The first-order valence-electron chi connectivity index (χ1n) is 17.6. The molecule has 0 radical (unpaired) electrons. The third kappa shape index (κ3) is 8.41. The van der Waals surface area contributed by atoms with Crippen molar-refractivity contribution in [2.75, 3.05) is 6.61 Å². The van der Waals surface area contributed by atoms with Gasteiger partial charge in [-0.3, -0.25) is 0 Å². The van der Waals surface area contributed by atoms with Crippen molar-refractivity contribution in [3.63, 3.8) is 0 Å². The summed E-state index contributed by atoms with van der Waals surface area (Å²) in [5, 5.41) is 1.12. The Bertz CT molecular complexity index is 1880. The maximum absolute atomic E-state index is 7.16. The van der Waals surface area contributed by atoms with Crippen LogP contribution in [0, 0.1) is 0 Å². The van der Waals surface area contributed by atoms with Gasteiger partial charge in [-0.15, -0.1) is 0 Å². The molecule has 6 heteroatoms. The topological polar surface area (TPSA) is 61.9 Å². The molecule has 5 atom stereocenters. The monoisotopic (exact) mass is 667 g/mol. The van der Waals surface area contributed by atoms with Crippen molar-refractivity contribution in [2.24, 2.45) is 0 Å². The molecule has 2 heterocycles. The van der Waals surface area contributed by atoms with Crippen LogP contribution in [0.5, 0.6) is 0 Å². The van der Waals surface area contributed by atoms with Gasteiger partial charge in [-0.25, -0.2) is 0 Å². The van der Waals surface area contributed by atoms with Crippen LogP contribution < -0.4 is 0 Å². The fraction of sp³-hybridized carbons (Fsp3) is 0.273. The molecule has 7 rings (SSSR count). The summed E-state index contributed by atoms with van der Waals surface area (Å²) in [6.45, 7) is 4.17. The van der Waals surface area contributed by atoms with Gasteiger partial charge in [-0.1, -0.05) is 134 Å². The van der Waals surface area contributed by atoms with E-state index in [-0.39, 0.29) is 0 Å². The van der Waals surface area contributed by atoms with Gasteiger partial charge >= 0.3 is 0 Å². The summed E-state index contributed by atoms with van der Waals surface area (Å²) in [6.07, 6.45) is 0.651. The van der Waals surface area contributed by atoms with Gasteiger partial charge in [0.25, 0.3) is 0 Å². The Morgan fingerprint density at radius 3 is 1.58 bits per heavy atom. The van der Waals surface area contributed by atoms with Crippen LogP contribution in [0.25, 0.3) is 10.9 Å². The first kappa shape index (κ1) is 33.9. The number of fused-ring (bicyclic) bond motifs is 1. The lowest BCUT2D eigenvalue weighted by Gasteiger charge is -2.46. The highest BCUT2D eigenvalue weighted by Crippen LogP contribution is 2.41. The van der Waals surface area contributed by atoms with Crippen molar-refractivity contribution in [3.05, 3.63) is 179 Å². The normalized spacial score (nSPS) is 20.6. The van der Waals surface area contributed by atoms with Crippen LogP contribution in [0.2, 0.25) is 0 Å². The van der Waals surface area contributed by atoms with Crippen molar-refractivity contribution >= 4 is 10.9 Å². The number of aromatic amines is 1. The van der Waals surface area contributed by atoms with Crippen LogP contribution >= 0.6 is 0 Å². The predicted octanol–water partition coefficient (Wildman–Crippen LogP) is 9.14. The second-order valence-electron chi connectivity index (χ2n) is 12.9. The summed E-state index contributed by atoms with van der Waals surface area (Å²) < 4.78 is 34.3. The second-order valence-corrected chi connectivity index (χ2v) is 12.9. The summed E-state index contributed by atoms with van der Waals surface area (Å²) in [6, 6.07) is 47.6. The van der Waals surface area contributed by atoms with E-state index < -0.39 is 30.5 Å². The largest absolute Gasteiger partial charge is 0.374 e. The van der Waals surface area contributed by atoms with E-state index in [4.69, 9.17) is 23.7 Å². The molecule has 0 saturated carbocycles. The van der Waals surface area contributed by atoms with Gasteiger partial charge in [0.2, 0.25) is 0 Å². The Morgan fingerprint density at radius 2 is 1.04 bits per heavy atom. The Hall–Kier alpha value is -4.56. The van der Waals surface area contributed by atoms with E-state index in [9.17, 15) is 0 Å². The van der Waals surface area contributed by atoms with E-state index >= 15 is 0 Å². The Kier molecular flexibility index (Phi) is 11.5. The molecule has 0 bridgehead atoms. The Balaban J connectivity index is 1.27. The highest BCUT2D eigenvalue weighted by atomic mass is 16.6. The summed E-state index contributed by atoms with van der Waals surface area (Å²) >= 11 is 0. The van der Waals surface area contributed by atoms with Gasteiger partial charge in [0.1, 0.15) is 30.5 Å². The number of ether oxygens (including phenoxy) is 5. The molecule has 1 aliphatic rings. The van der Waals surface area contributed by atoms with E-state index in [1.54, 1.807) is 0 Å². The average molecular weight is 668 g/mol. The highest BCUT2D eigenvalue weighted by Gasteiger charge is 2.49. The smallest absolute Gasteiger partial charge is 0.117 e. The predicted molar refractivity (Wildman–Crippen MR) is 196 cm³/mol. The number of nitrogens with one attached hydrogen (secondary N) is 1.